The Morgan fingerprint density at radius 3 is 2.53 bits per heavy atom. The van der Waals surface area contributed by atoms with Crippen molar-refractivity contribution in [2.45, 2.75) is 103 Å². The minimum Gasteiger partial charge on any atom is -0.393 e. The van der Waals surface area contributed by atoms with E-state index in [-0.39, 0.29) is 11.9 Å². The van der Waals surface area contributed by atoms with Gasteiger partial charge in [-0.1, -0.05) is 32.9 Å². The van der Waals surface area contributed by atoms with Crippen molar-refractivity contribution in [3.63, 3.8) is 0 Å². The predicted molar refractivity (Wildman–Crippen MR) is 118 cm³/mol. The lowest BCUT2D eigenvalue weighted by Gasteiger charge is -2.61. The van der Waals surface area contributed by atoms with Crippen LogP contribution in [0.2, 0.25) is 0 Å². The number of fused-ring (bicyclic) bond motifs is 7. The van der Waals surface area contributed by atoms with E-state index in [1.807, 2.05) is 0 Å². The van der Waals surface area contributed by atoms with Gasteiger partial charge in [0.25, 0.3) is 0 Å². The van der Waals surface area contributed by atoms with Crippen LogP contribution in [0.1, 0.15) is 85.0 Å². The second-order valence-electron chi connectivity index (χ2n) is 12.7. The van der Waals surface area contributed by atoms with Gasteiger partial charge in [-0.05, 0) is 98.2 Å². The van der Waals surface area contributed by atoms with Gasteiger partial charge in [0.05, 0.1) is 18.8 Å². The van der Waals surface area contributed by atoms with E-state index in [1.165, 1.54) is 44.1 Å². The summed E-state index contributed by atoms with van der Waals surface area (Å²) < 4.78 is 13.2. The molecule has 3 nitrogen and oxygen atoms in total. The van der Waals surface area contributed by atoms with Gasteiger partial charge in [0, 0.05) is 12.3 Å². The molecule has 0 bridgehead atoms. The molecule has 0 radical (unpaired) electrons. The van der Waals surface area contributed by atoms with E-state index in [9.17, 15) is 5.11 Å². The van der Waals surface area contributed by atoms with Crippen molar-refractivity contribution < 1.29 is 14.6 Å². The summed E-state index contributed by atoms with van der Waals surface area (Å²) in [6, 6.07) is 0. The van der Waals surface area contributed by atoms with Crippen LogP contribution < -0.4 is 0 Å². The zero-order valence-corrected chi connectivity index (χ0v) is 19.4. The molecule has 0 aromatic carbocycles. The van der Waals surface area contributed by atoms with Crippen molar-refractivity contribution in [1.29, 1.82) is 0 Å². The van der Waals surface area contributed by atoms with E-state index in [4.69, 9.17) is 9.47 Å². The highest BCUT2D eigenvalue weighted by Crippen LogP contribution is 2.71. The second kappa shape index (κ2) is 6.58. The van der Waals surface area contributed by atoms with Crippen LogP contribution in [0.15, 0.2) is 12.2 Å². The molecule has 2 saturated heterocycles. The molecule has 0 aromatic rings. The Hall–Kier alpha value is -0.380. The van der Waals surface area contributed by atoms with E-state index >= 15 is 0 Å². The molecule has 4 aliphatic carbocycles. The summed E-state index contributed by atoms with van der Waals surface area (Å²) >= 11 is 0. The van der Waals surface area contributed by atoms with Gasteiger partial charge < -0.3 is 14.6 Å². The van der Waals surface area contributed by atoms with E-state index in [1.54, 1.807) is 0 Å². The summed E-state index contributed by atoms with van der Waals surface area (Å²) in [4.78, 5) is 0. The molecular weight excluding hydrogens is 372 g/mol. The van der Waals surface area contributed by atoms with Crippen LogP contribution in [-0.4, -0.2) is 29.7 Å². The van der Waals surface area contributed by atoms with E-state index in [0.717, 1.165) is 49.4 Å². The van der Waals surface area contributed by atoms with Crippen LogP contribution >= 0.6 is 0 Å². The van der Waals surface area contributed by atoms with Gasteiger partial charge in [-0.15, -0.1) is 0 Å². The molecule has 6 rings (SSSR count). The molecule has 3 heteroatoms. The van der Waals surface area contributed by atoms with Gasteiger partial charge in [-0.25, -0.2) is 0 Å². The molecular formula is C27H42O3. The van der Waals surface area contributed by atoms with Crippen LogP contribution in [0.5, 0.6) is 0 Å². The van der Waals surface area contributed by atoms with Gasteiger partial charge in [0.1, 0.15) is 0 Å². The normalized spacial score (nSPS) is 60.1. The van der Waals surface area contributed by atoms with Crippen molar-refractivity contribution in [2.24, 2.45) is 46.3 Å². The number of aliphatic hydroxyl groups is 1. The lowest BCUT2D eigenvalue weighted by molar-refractivity contribution is -0.256. The fourth-order valence-corrected chi connectivity index (χ4v) is 10.1. The third-order valence-electron chi connectivity index (χ3n) is 11.7. The first kappa shape index (κ1) is 20.2. The fraction of sp³-hybridized carbons (Fsp3) is 0.926. The third kappa shape index (κ3) is 2.55. The summed E-state index contributed by atoms with van der Waals surface area (Å²) in [5.41, 5.74) is 2.09. The van der Waals surface area contributed by atoms with Gasteiger partial charge in [0.15, 0.2) is 5.79 Å². The first-order chi connectivity index (χ1) is 14.3. The molecule has 0 aromatic heterocycles. The molecule has 2 aliphatic heterocycles. The average Bonchev–Trinajstić information content (AvgIpc) is 3.16. The molecule has 0 amide bonds. The first-order valence-electron chi connectivity index (χ1n) is 12.9. The van der Waals surface area contributed by atoms with Crippen LogP contribution in [0.25, 0.3) is 0 Å². The molecule has 6 aliphatic rings. The molecule has 4 saturated carbocycles. The standard InChI is InChI=1S/C27H42O3/c1-16-7-12-27(29-15-16)17(2)24-23(30-27)14-22-20-6-5-18-13-19(28)8-10-25(18,3)21(20)9-11-26(22,24)4/h17-24,28H,1,5-15H2,2-4H3/t17-,18+,19-,20+,21-,22-,23-,24-,25-,26-,27+/m0/s1. The number of rotatable bonds is 0. The minimum absolute atomic E-state index is 0.0451. The molecule has 168 valence electrons. The monoisotopic (exact) mass is 414 g/mol. The number of hydrogen-bond donors (Lipinski definition) is 1. The number of hydrogen-bond acceptors (Lipinski definition) is 3. The Morgan fingerprint density at radius 1 is 0.967 bits per heavy atom. The maximum atomic E-state index is 10.3. The number of ether oxygens (including phenoxy) is 2. The second-order valence-corrected chi connectivity index (χ2v) is 12.7. The van der Waals surface area contributed by atoms with Crippen molar-refractivity contribution >= 4 is 0 Å². The first-order valence-corrected chi connectivity index (χ1v) is 12.9. The van der Waals surface area contributed by atoms with Gasteiger partial charge in [0.2, 0.25) is 0 Å². The highest BCUT2D eigenvalue weighted by atomic mass is 16.7. The summed E-state index contributed by atoms with van der Waals surface area (Å²) in [6.07, 6.45) is 12.4. The molecule has 0 unspecified atom stereocenters. The summed E-state index contributed by atoms with van der Waals surface area (Å²) in [7, 11) is 0. The SMILES string of the molecule is C=C1CC[C@@]2(OC1)O[C@H]1C[C@H]3[C@@H]4CC[C@@H]5C[C@@H](O)CC[C@]5(C)[C@H]4CC[C@]3(C)[C@H]1[C@@H]2C. The van der Waals surface area contributed by atoms with E-state index < -0.39 is 0 Å². The maximum Gasteiger partial charge on any atom is 0.172 e. The summed E-state index contributed by atoms with van der Waals surface area (Å²) in [5, 5.41) is 10.3. The van der Waals surface area contributed by atoms with Crippen molar-refractivity contribution in [1.82, 2.24) is 0 Å². The molecule has 2 heterocycles. The van der Waals surface area contributed by atoms with E-state index in [0.29, 0.717) is 35.4 Å². The van der Waals surface area contributed by atoms with Crippen LogP contribution in [0.4, 0.5) is 0 Å². The largest absolute Gasteiger partial charge is 0.393 e. The molecule has 1 N–H and O–H groups in total. The van der Waals surface area contributed by atoms with E-state index in [2.05, 4.69) is 27.4 Å². The molecule has 30 heavy (non-hydrogen) atoms. The van der Waals surface area contributed by atoms with Gasteiger partial charge in [-0.2, -0.15) is 0 Å². The highest BCUT2D eigenvalue weighted by Gasteiger charge is 2.69. The smallest absolute Gasteiger partial charge is 0.172 e. The van der Waals surface area contributed by atoms with Crippen LogP contribution in [0, 0.1) is 46.3 Å². The lowest BCUT2D eigenvalue weighted by atomic mass is 9.44. The summed E-state index contributed by atoms with van der Waals surface area (Å²) in [6.45, 7) is 12.5. The third-order valence-corrected chi connectivity index (χ3v) is 11.7. The molecule has 1 spiro atoms. The Bertz CT molecular complexity index is 722. The highest BCUT2D eigenvalue weighted by molar-refractivity contribution is 5.16. The minimum atomic E-state index is -0.343. The van der Waals surface area contributed by atoms with Gasteiger partial charge in [-0.3, -0.25) is 0 Å². The Kier molecular flexibility index (Phi) is 4.44. The predicted octanol–water partition coefficient (Wildman–Crippen LogP) is 5.71. The topological polar surface area (TPSA) is 38.7 Å². The van der Waals surface area contributed by atoms with Crippen molar-refractivity contribution in [3.8, 4) is 0 Å². The Morgan fingerprint density at radius 2 is 1.77 bits per heavy atom. The quantitative estimate of drug-likeness (QED) is 0.516. The van der Waals surface area contributed by atoms with Crippen molar-refractivity contribution in [2.75, 3.05) is 6.61 Å². The van der Waals surface area contributed by atoms with Gasteiger partial charge >= 0.3 is 0 Å². The van der Waals surface area contributed by atoms with Crippen LogP contribution in [-0.2, 0) is 9.47 Å². The zero-order valence-electron chi connectivity index (χ0n) is 19.4. The zero-order chi connectivity index (χ0) is 20.9. The maximum absolute atomic E-state index is 10.3. The Labute approximate surface area is 183 Å². The molecule has 11 atom stereocenters. The average molecular weight is 415 g/mol. The van der Waals surface area contributed by atoms with Crippen LogP contribution in [0.3, 0.4) is 0 Å². The Balaban J connectivity index is 1.26. The molecule has 6 fully saturated rings. The fourth-order valence-electron chi connectivity index (χ4n) is 10.1. The van der Waals surface area contributed by atoms with Crippen molar-refractivity contribution in [3.05, 3.63) is 12.2 Å². The number of aliphatic hydroxyl groups excluding tert-OH is 1. The summed E-state index contributed by atoms with van der Waals surface area (Å²) in [5.74, 6) is 4.07. The lowest BCUT2D eigenvalue weighted by Crippen LogP contribution is -2.55.